The first-order valence-electron chi connectivity index (χ1n) is 10.0. The summed E-state index contributed by atoms with van der Waals surface area (Å²) in [5, 5.41) is 0.412. The predicted molar refractivity (Wildman–Crippen MR) is 128 cm³/mol. The molecule has 2 aromatic carbocycles. The molecule has 0 saturated heterocycles. The topological polar surface area (TPSA) is 75.5 Å². The van der Waals surface area contributed by atoms with Gasteiger partial charge in [-0.15, -0.1) is 6.42 Å². The van der Waals surface area contributed by atoms with Crippen LogP contribution in [0.3, 0.4) is 0 Å². The molecule has 0 aliphatic rings. The molecule has 0 unspecified atom stereocenters. The molecule has 0 amide bonds. The minimum absolute atomic E-state index is 0.241. The van der Waals surface area contributed by atoms with Crippen molar-refractivity contribution < 1.29 is 14.2 Å². The van der Waals surface area contributed by atoms with E-state index in [-0.39, 0.29) is 5.56 Å². The Bertz CT molecular complexity index is 1420. The Morgan fingerprint density at radius 2 is 1.67 bits per heavy atom. The summed E-state index contributed by atoms with van der Waals surface area (Å²) in [6.07, 6.45) is 10.6. The molecule has 0 atom stereocenters. The molecule has 0 spiro atoms. The molecule has 0 aliphatic carbocycles. The molecule has 0 radical (unpaired) electrons. The molecule has 0 bridgehead atoms. The van der Waals surface area contributed by atoms with Crippen LogP contribution >= 0.6 is 0 Å². The van der Waals surface area contributed by atoms with Crippen LogP contribution in [0.1, 0.15) is 17.0 Å². The van der Waals surface area contributed by atoms with E-state index in [4.69, 9.17) is 20.6 Å². The van der Waals surface area contributed by atoms with Gasteiger partial charge in [-0.25, -0.2) is 9.97 Å². The molecule has 7 heteroatoms. The largest absolute Gasteiger partial charge is 0.496 e. The maximum absolute atomic E-state index is 13.4. The van der Waals surface area contributed by atoms with Gasteiger partial charge in [0.25, 0.3) is 5.56 Å². The lowest BCUT2D eigenvalue weighted by atomic mass is 10.1. The Kier molecular flexibility index (Phi) is 6.09. The van der Waals surface area contributed by atoms with E-state index in [0.717, 1.165) is 0 Å². The summed E-state index contributed by atoms with van der Waals surface area (Å²) in [6.45, 7) is 0. The second-order valence-electron chi connectivity index (χ2n) is 6.96. The third-order valence-corrected chi connectivity index (χ3v) is 5.11. The Hall–Kier alpha value is -4.57. The van der Waals surface area contributed by atoms with Gasteiger partial charge < -0.3 is 14.2 Å². The third kappa shape index (κ3) is 4.14. The summed E-state index contributed by atoms with van der Waals surface area (Å²) in [5.41, 5.74) is 2.13. The number of aromatic nitrogens is 3. The molecule has 0 N–H and O–H groups in total. The van der Waals surface area contributed by atoms with Crippen LogP contribution in [0.15, 0.2) is 59.5 Å². The van der Waals surface area contributed by atoms with E-state index in [2.05, 4.69) is 15.9 Å². The number of hydrogen-bond acceptors (Lipinski definition) is 6. The molecule has 164 valence electrons. The number of nitrogens with zero attached hydrogens (tertiary/aromatic N) is 3. The lowest BCUT2D eigenvalue weighted by molar-refractivity contribution is 0.374. The van der Waals surface area contributed by atoms with Crippen molar-refractivity contribution in [2.24, 2.45) is 0 Å². The average Bonchev–Trinajstić information content (AvgIpc) is 2.87. The Balaban J connectivity index is 1.93. The quantitative estimate of drug-likeness (QED) is 0.424. The van der Waals surface area contributed by atoms with Gasteiger partial charge in [0, 0.05) is 23.9 Å². The van der Waals surface area contributed by atoms with Crippen LogP contribution in [0.4, 0.5) is 0 Å². The van der Waals surface area contributed by atoms with E-state index in [9.17, 15) is 4.79 Å². The van der Waals surface area contributed by atoms with E-state index in [1.54, 1.807) is 88.2 Å². The van der Waals surface area contributed by atoms with E-state index >= 15 is 0 Å². The van der Waals surface area contributed by atoms with Crippen molar-refractivity contribution in [1.82, 2.24) is 14.5 Å². The summed E-state index contributed by atoms with van der Waals surface area (Å²) in [5.74, 6) is 4.67. The predicted octanol–water partition coefficient (Wildman–Crippen LogP) is 3.96. The number of hydrogen-bond donors (Lipinski definition) is 0. The zero-order chi connectivity index (χ0) is 23.4. The average molecular weight is 439 g/mol. The van der Waals surface area contributed by atoms with Crippen molar-refractivity contribution in [1.29, 1.82) is 0 Å². The van der Waals surface area contributed by atoms with Gasteiger partial charge in [0.15, 0.2) is 5.65 Å². The monoisotopic (exact) mass is 439 g/mol. The maximum Gasteiger partial charge on any atom is 0.267 e. The van der Waals surface area contributed by atoms with E-state index < -0.39 is 0 Å². The number of terminal acetylenes is 1. The fourth-order valence-electron chi connectivity index (χ4n) is 3.46. The number of rotatable bonds is 6. The lowest BCUT2D eigenvalue weighted by Crippen LogP contribution is -2.22. The molecular formula is C26H21N3O4. The first-order chi connectivity index (χ1) is 16.1. The molecular weight excluding hydrogens is 418 g/mol. The van der Waals surface area contributed by atoms with Crippen molar-refractivity contribution in [2.75, 3.05) is 21.3 Å². The normalized spacial score (nSPS) is 10.8. The van der Waals surface area contributed by atoms with Gasteiger partial charge in [-0.05, 0) is 48.6 Å². The lowest BCUT2D eigenvalue weighted by Gasteiger charge is -2.13. The fourth-order valence-corrected chi connectivity index (χ4v) is 3.46. The van der Waals surface area contributed by atoms with Crippen molar-refractivity contribution in [3.05, 3.63) is 82.0 Å². The summed E-state index contributed by atoms with van der Waals surface area (Å²) in [4.78, 5) is 22.3. The van der Waals surface area contributed by atoms with Crippen LogP contribution in [0.5, 0.6) is 17.2 Å². The SMILES string of the molecule is C#Cc1ccc(-n2c(/C=C/c3c(OC)cc(OC)cc3OC)nc3ncccc3c2=O)cc1. The number of benzene rings is 2. The van der Waals surface area contributed by atoms with Crippen molar-refractivity contribution in [3.63, 3.8) is 0 Å². The van der Waals surface area contributed by atoms with Crippen LogP contribution in [0.2, 0.25) is 0 Å². The molecule has 4 rings (SSSR count). The zero-order valence-corrected chi connectivity index (χ0v) is 18.4. The minimum atomic E-state index is -0.241. The second-order valence-corrected chi connectivity index (χ2v) is 6.96. The highest BCUT2D eigenvalue weighted by Gasteiger charge is 2.14. The van der Waals surface area contributed by atoms with Gasteiger partial charge in [0.05, 0.1) is 38.0 Å². The molecule has 0 fully saturated rings. The molecule has 0 saturated carbocycles. The van der Waals surface area contributed by atoms with Crippen LogP contribution < -0.4 is 19.8 Å². The Morgan fingerprint density at radius 1 is 0.970 bits per heavy atom. The van der Waals surface area contributed by atoms with Crippen molar-refractivity contribution >= 4 is 23.2 Å². The first-order valence-corrected chi connectivity index (χ1v) is 10.0. The molecule has 33 heavy (non-hydrogen) atoms. The zero-order valence-electron chi connectivity index (χ0n) is 18.4. The summed E-state index contributed by atoms with van der Waals surface area (Å²) in [7, 11) is 4.69. The standard InChI is InChI=1S/C26H21N3O4/c1-5-17-8-10-18(11-9-17)29-24(28-25-21(26(29)30)7-6-14-27-25)13-12-20-22(32-3)15-19(31-2)16-23(20)33-4/h1,6-16H,2-4H3/b13-12+. The van der Waals surface area contributed by atoms with E-state index in [1.165, 1.54) is 4.57 Å². The highest BCUT2D eigenvalue weighted by molar-refractivity contribution is 5.79. The molecule has 2 heterocycles. The Labute approximate surface area is 190 Å². The summed E-state index contributed by atoms with van der Waals surface area (Å²) in [6, 6.07) is 14.0. The van der Waals surface area contributed by atoms with Crippen molar-refractivity contribution in [2.45, 2.75) is 0 Å². The highest BCUT2D eigenvalue weighted by atomic mass is 16.5. The number of methoxy groups -OCH3 is 3. The number of ether oxygens (including phenoxy) is 3. The minimum Gasteiger partial charge on any atom is -0.496 e. The third-order valence-electron chi connectivity index (χ3n) is 5.11. The van der Waals surface area contributed by atoms with Gasteiger partial charge >= 0.3 is 0 Å². The Morgan fingerprint density at radius 3 is 2.27 bits per heavy atom. The second kappa shape index (κ2) is 9.28. The molecule has 0 aliphatic heterocycles. The van der Waals surface area contributed by atoms with Crippen molar-refractivity contribution in [3.8, 4) is 35.3 Å². The number of pyridine rings is 1. The van der Waals surface area contributed by atoms with Gasteiger partial charge in [-0.3, -0.25) is 9.36 Å². The van der Waals surface area contributed by atoms with E-state index in [0.29, 0.717) is 50.9 Å². The summed E-state index contributed by atoms with van der Waals surface area (Å²) >= 11 is 0. The van der Waals surface area contributed by atoms with Crippen LogP contribution in [-0.2, 0) is 0 Å². The van der Waals surface area contributed by atoms with E-state index in [1.807, 2.05) is 0 Å². The number of fused-ring (bicyclic) bond motifs is 1. The van der Waals surface area contributed by atoms with Crippen LogP contribution in [0, 0.1) is 12.3 Å². The molecule has 7 nitrogen and oxygen atoms in total. The molecule has 4 aromatic rings. The maximum atomic E-state index is 13.4. The van der Waals surface area contributed by atoms with Crippen LogP contribution in [0.25, 0.3) is 28.9 Å². The first kappa shape index (κ1) is 21.7. The fraction of sp³-hybridized carbons (Fsp3) is 0.115. The van der Waals surface area contributed by atoms with Gasteiger partial charge in [-0.2, -0.15) is 0 Å². The molecule has 2 aromatic heterocycles. The smallest absolute Gasteiger partial charge is 0.267 e. The van der Waals surface area contributed by atoms with Crippen LogP contribution in [-0.4, -0.2) is 35.9 Å². The van der Waals surface area contributed by atoms with Gasteiger partial charge in [-0.1, -0.05) is 5.92 Å². The van der Waals surface area contributed by atoms with Gasteiger partial charge in [0.2, 0.25) is 0 Å². The highest BCUT2D eigenvalue weighted by Crippen LogP contribution is 2.35. The van der Waals surface area contributed by atoms with Gasteiger partial charge in [0.1, 0.15) is 23.1 Å². The summed E-state index contributed by atoms with van der Waals surface area (Å²) < 4.78 is 17.9.